The molecule has 1 heterocycles. The summed E-state index contributed by atoms with van der Waals surface area (Å²) >= 11 is 0. The van der Waals surface area contributed by atoms with Crippen molar-refractivity contribution in [1.82, 2.24) is 0 Å². The Morgan fingerprint density at radius 2 is 0.867 bits per heavy atom. The lowest BCUT2D eigenvalue weighted by molar-refractivity contribution is 0.481. The number of allylic oxidation sites excluding steroid dienone is 2. The summed E-state index contributed by atoms with van der Waals surface area (Å²) in [6.07, 6.45) is 35.6. The van der Waals surface area contributed by atoms with E-state index in [0.717, 1.165) is 12.8 Å². The summed E-state index contributed by atoms with van der Waals surface area (Å²) in [4.78, 5) is 0. The van der Waals surface area contributed by atoms with Crippen LogP contribution in [-0.4, -0.2) is 12.1 Å². The third kappa shape index (κ3) is 16.8. The van der Waals surface area contributed by atoms with E-state index in [-0.39, 0.29) is 0 Å². The number of unbranched alkanes of at least 4 members (excludes halogenated alkanes) is 12. The highest BCUT2D eigenvalue weighted by Gasteiger charge is 2.09. The molecule has 0 fully saturated rings. The molecule has 0 saturated carbocycles. The van der Waals surface area contributed by atoms with Gasteiger partial charge in [0.05, 0.1) is 12.1 Å². The van der Waals surface area contributed by atoms with Gasteiger partial charge in [-0.05, 0) is 38.5 Å². The summed E-state index contributed by atoms with van der Waals surface area (Å²) in [5.74, 6) is 0. The van der Waals surface area contributed by atoms with Crippen molar-refractivity contribution in [2.24, 2.45) is 10.2 Å². The first-order chi connectivity index (χ1) is 14.9. The minimum absolute atomic E-state index is 0.400. The van der Waals surface area contributed by atoms with Crippen LogP contribution in [0.1, 0.15) is 142 Å². The van der Waals surface area contributed by atoms with Crippen LogP contribution >= 0.6 is 0 Å². The van der Waals surface area contributed by atoms with E-state index < -0.39 is 0 Å². The van der Waals surface area contributed by atoms with Crippen molar-refractivity contribution in [3.63, 3.8) is 0 Å². The molecule has 174 valence electrons. The molecule has 0 amide bonds. The fourth-order valence-electron chi connectivity index (χ4n) is 4.24. The van der Waals surface area contributed by atoms with Crippen molar-refractivity contribution in [2.75, 3.05) is 0 Å². The SMILES string of the molecule is CCCCCCCCCC1CC=CCCC=CCC(CCCCCCCCC)N=N1. The topological polar surface area (TPSA) is 24.7 Å². The summed E-state index contributed by atoms with van der Waals surface area (Å²) in [6, 6.07) is 0.800. The van der Waals surface area contributed by atoms with Crippen molar-refractivity contribution in [3.8, 4) is 0 Å². The van der Waals surface area contributed by atoms with Gasteiger partial charge in [0.1, 0.15) is 0 Å². The van der Waals surface area contributed by atoms with E-state index in [4.69, 9.17) is 10.2 Å². The van der Waals surface area contributed by atoms with Gasteiger partial charge in [0.2, 0.25) is 0 Å². The first kappa shape index (κ1) is 27.1. The Bertz CT molecular complexity index is 398. The molecule has 2 unspecified atom stereocenters. The highest BCUT2D eigenvalue weighted by atomic mass is 15.1. The Hall–Kier alpha value is -0.920. The summed E-state index contributed by atoms with van der Waals surface area (Å²) in [5, 5.41) is 9.73. The summed E-state index contributed by atoms with van der Waals surface area (Å²) in [6.45, 7) is 4.58. The standard InChI is InChI=1S/C28H52N2/c1-3-5-7-9-11-15-19-23-27-25-21-17-13-14-18-22-26-28(30-29-27)24-20-16-12-10-8-6-4-2/h17-18,21-22,27-28H,3-16,19-20,23-26H2,1-2H3. The van der Waals surface area contributed by atoms with Gasteiger partial charge in [-0.1, -0.05) is 128 Å². The Labute approximate surface area is 189 Å². The summed E-state index contributed by atoms with van der Waals surface area (Å²) in [7, 11) is 0. The maximum Gasteiger partial charge on any atom is 0.0742 e. The highest BCUT2D eigenvalue weighted by molar-refractivity contribution is 4.92. The molecule has 0 saturated heterocycles. The van der Waals surface area contributed by atoms with Crippen LogP contribution in [0.2, 0.25) is 0 Å². The normalized spacial score (nSPS) is 20.2. The first-order valence-corrected chi connectivity index (χ1v) is 13.6. The zero-order chi connectivity index (χ0) is 21.5. The average Bonchev–Trinajstić information content (AvgIpc) is 2.75. The number of nitrogens with zero attached hydrogens (tertiary/aromatic N) is 2. The monoisotopic (exact) mass is 416 g/mol. The second-order valence-corrected chi connectivity index (χ2v) is 9.35. The molecule has 0 spiro atoms. The first-order valence-electron chi connectivity index (χ1n) is 13.6. The van der Waals surface area contributed by atoms with Crippen LogP contribution in [0, 0.1) is 0 Å². The fourth-order valence-corrected chi connectivity index (χ4v) is 4.24. The van der Waals surface area contributed by atoms with Gasteiger partial charge >= 0.3 is 0 Å². The Balaban J connectivity index is 2.38. The van der Waals surface area contributed by atoms with E-state index in [1.54, 1.807) is 0 Å². The number of hydrogen-bond acceptors (Lipinski definition) is 2. The Morgan fingerprint density at radius 1 is 0.500 bits per heavy atom. The van der Waals surface area contributed by atoms with Crippen molar-refractivity contribution < 1.29 is 0 Å². The molecule has 30 heavy (non-hydrogen) atoms. The molecule has 0 N–H and O–H groups in total. The van der Waals surface area contributed by atoms with E-state index in [1.165, 1.54) is 116 Å². The van der Waals surface area contributed by atoms with Gasteiger partial charge in [0.25, 0.3) is 0 Å². The van der Waals surface area contributed by atoms with Crippen LogP contribution in [0.3, 0.4) is 0 Å². The maximum atomic E-state index is 4.87. The van der Waals surface area contributed by atoms with Crippen LogP contribution in [0.5, 0.6) is 0 Å². The van der Waals surface area contributed by atoms with Gasteiger partial charge < -0.3 is 0 Å². The minimum atomic E-state index is 0.400. The van der Waals surface area contributed by atoms with E-state index in [1.807, 2.05) is 0 Å². The Kier molecular flexibility index (Phi) is 19.3. The van der Waals surface area contributed by atoms with Crippen LogP contribution in [0.15, 0.2) is 34.5 Å². The third-order valence-corrected chi connectivity index (χ3v) is 6.32. The summed E-state index contributed by atoms with van der Waals surface area (Å²) in [5.41, 5.74) is 0. The van der Waals surface area contributed by atoms with E-state index in [9.17, 15) is 0 Å². The highest BCUT2D eigenvalue weighted by Crippen LogP contribution is 2.18. The second kappa shape index (κ2) is 21.3. The molecule has 0 aromatic heterocycles. The van der Waals surface area contributed by atoms with E-state index >= 15 is 0 Å². The fraction of sp³-hybridized carbons (Fsp3) is 0.857. The van der Waals surface area contributed by atoms with Gasteiger partial charge in [-0.15, -0.1) is 0 Å². The molecular formula is C28H52N2. The molecule has 0 aromatic carbocycles. The predicted molar refractivity (Wildman–Crippen MR) is 134 cm³/mol. The molecule has 0 bridgehead atoms. The summed E-state index contributed by atoms with van der Waals surface area (Å²) < 4.78 is 0. The van der Waals surface area contributed by atoms with Crippen LogP contribution in [0.4, 0.5) is 0 Å². The average molecular weight is 417 g/mol. The third-order valence-electron chi connectivity index (χ3n) is 6.32. The maximum absolute atomic E-state index is 4.87. The van der Waals surface area contributed by atoms with Crippen molar-refractivity contribution >= 4 is 0 Å². The van der Waals surface area contributed by atoms with Crippen LogP contribution in [0.25, 0.3) is 0 Å². The minimum Gasteiger partial charge on any atom is -0.190 e. The number of azo groups is 1. The van der Waals surface area contributed by atoms with Gasteiger partial charge in [-0.25, -0.2) is 0 Å². The second-order valence-electron chi connectivity index (χ2n) is 9.35. The van der Waals surface area contributed by atoms with Crippen molar-refractivity contribution in [2.45, 2.75) is 154 Å². The van der Waals surface area contributed by atoms with Crippen LogP contribution in [-0.2, 0) is 0 Å². The van der Waals surface area contributed by atoms with Gasteiger partial charge in [0, 0.05) is 0 Å². The lowest BCUT2D eigenvalue weighted by atomic mass is 10.0. The van der Waals surface area contributed by atoms with Gasteiger partial charge in [-0.2, -0.15) is 10.2 Å². The van der Waals surface area contributed by atoms with E-state index in [0.29, 0.717) is 12.1 Å². The number of hydrogen-bond donors (Lipinski definition) is 0. The Morgan fingerprint density at radius 3 is 1.27 bits per heavy atom. The molecule has 2 atom stereocenters. The largest absolute Gasteiger partial charge is 0.190 e. The smallest absolute Gasteiger partial charge is 0.0742 e. The lowest BCUT2D eigenvalue weighted by Crippen LogP contribution is -2.07. The molecule has 1 rings (SSSR count). The van der Waals surface area contributed by atoms with Gasteiger partial charge in [-0.3, -0.25) is 0 Å². The zero-order valence-corrected chi connectivity index (χ0v) is 20.5. The molecule has 2 nitrogen and oxygen atoms in total. The molecular weight excluding hydrogens is 364 g/mol. The molecule has 2 heteroatoms. The zero-order valence-electron chi connectivity index (χ0n) is 20.5. The van der Waals surface area contributed by atoms with Crippen molar-refractivity contribution in [3.05, 3.63) is 24.3 Å². The number of rotatable bonds is 16. The van der Waals surface area contributed by atoms with Crippen LogP contribution < -0.4 is 0 Å². The van der Waals surface area contributed by atoms with Gasteiger partial charge in [0.15, 0.2) is 0 Å². The molecule has 0 aliphatic carbocycles. The molecule has 1 aliphatic heterocycles. The predicted octanol–water partition coefficient (Wildman–Crippen LogP) is 10.1. The molecule has 0 radical (unpaired) electrons. The molecule has 0 aromatic rings. The van der Waals surface area contributed by atoms with E-state index in [2.05, 4.69) is 38.2 Å². The van der Waals surface area contributed by atoms with Crippen molar-refractivity contribution in [1.29, 1.82) is 0 Å². The quantitative estimate of drug-likeness (QED) is 0.176. The lowest BCUT2D eigenvalue weighted by Gasteiger charge is -2.13. The molecule has 1 aliphatic rings.